The van der Waals surface area contributed by atoms with Gasteiger partial charge in [-0.25, -0.2) is 9.37 Å². The second-order valence-corrected chi connectivity index (χ2v) is 5.31. The summed E-state index contributed by atoms with van der Waals surface area (Å²) in [4.78, 5) is 8.17. The molecule has 0 amide bonds. The molecular weight excluding hydrogens is 367 g/mol. The van der Waals surface area contributed by atoms with Crippen molar-refractivity contribution in [2.24, 2.45) is 0 Å². The lowest BCUT2D eigenvalue weighted by Gasteiger charge is -2.10. The number of nitrogens with one attached hydrogen (secondary N) is 1. The summed E-state index contributed by atoms with van der Waals surface area (Å²) >= 11 is 6.36. The Balaban J connectivity index is 2.36. The number of nitrogen functional groups attached to an aromatic ring is 1. The van der Waals surface area contributed by atoms with Gasteiger partial charge in [-0.1, -0.05) is 0 Å². The minimum absolute atomic E-state index is 0.312. The highest BCUT2D eigenvalue weighted by atomic mass is 79.9. The number of aromatic nitrogens is 2. The summed E-state index contributed by atoms with van der Waals surface area (Å²) in [5.74, 6) is 0.384. The fourth-order valence-corrected chi connectivity index (χ4v) is 2.14. The molecule has 0 saturated carbocycles. The number of hydrogen-bond acceptors (Lipinski definition) is 4. The molecule has 0 fully saturated rings. The van der Waals surface area contributed by atoms with Crippen molar-refractivity contribution >= 4 is 49.3 Å². The Morgan fingerprint density at radius 1 is 1.22 bits per heavy atom. The summed E-state index contributed by atoms with van der Waals surface area (Å²) in [5, 5.41) is 2.99. The Kier molecular flexibility index (Phi) is 3.82. The van der Waals surface area contributed by atoms with E-state index >= 15 is 0 Å². The first-order valence-corrected chi connectivity index (χ1v) is 6.57. The van der Waals surface area contributed by atoms with Crippen molar-refractivity contribution in [1.82, 2.24) is 9.97 Å². The molecule has 0 saturated heterocycles. The van der Waals surface area contributed by atoms with Crippen LogP contribution < -0.4 is 11.1 Å². The average molecular weight is 376 g/mol. The zero-order chi connectivity index (χ0) is 13.3. The molecule has 0 aliphatic rings. The van der Waals surface area contributed by atoms with Gasteiger partial charge in [-0.05, 0) is 56.5 Å². The largest absolute Gasteiger partial charge is 0.383 e. The van der Waals surface area contributed by atoms with Gasteiger partial charge < -0.3 is 11.1 Å². The van der Waals surface area contributed by atoms with Crippen LogP contribution in [0, 0.1) is 12.7 Å². The normalized spacial score (nSPS) is 10.4. The molecule has 0 radical (unpaired) electrons. The molecular formula is C11H9Br2FN4. The maximum atomic E-state index is 13.3. The number of nitrogens with zero attached hydrogens (tertiary/aromatic N) is 2. The van der Waals surface area contributed by atoms with Gasteiger partial charge in [-0.15, -0.1) is 0 Å². The molecule has 0 atom stereocenters. The summed E-state index contributed by atoms with van der Waals surface area (Å²) < 4.78 is 14.2. The number of aryl methyl sites for hydroxylation is 1. The van der Waals surface area contributed by atoms with Gasteiger partial charge in [0.15, 0.2) is 0 Å². The van der Waals surface area contributed by atoms with Crippen LogP contribution in [-0.4, -0.2) is 9.97 Å². The molecule has 2 rings (SSSR count). The standard InChI is InChI=1S/C11H9Br2FN4/c1-5-2-7(14)6(12)3-8(5)16-11-17-9(13)4-10(15)18-11/h2-4H,1H3,(H3,15,16,17,18). The van der Waals surface area contributed by atoms with E-state index < -0.39 is 0 Å². The molecule has 2 aromatic rings. The lowest BCUT2D eigenvalue weighted by molar-refractivity contribution is 0.620. The van der Waals surface area contributed by atoms with E-state index in [-0.39, 0.29) is 5.82 Å². The molecule has 94 valence electrons. The van der Waals surface area contributed by atoms with Crippen LogP contribution in [0.4, 0.5) is 21.8 Å². The van der Waals surface area contributed by atoms with Crippen LogP contribution in [0.1, 0.15) is 5.56 Å². The van der Waals surface area contributed by atoms with Gasteiger partial charge in [-0.3, -0.25) is 0 Å². The summed E-state index contributed by atoms with van der Waals surface area (Å²) in [7, 11) is 0. The minimum atomic E-state index is -0.312. The third-order valence-corrected chi connectivity index (χ3v) is 3.24. The first-order valence-electron chi connectivity index (χ1n) is 4.98. The fourth-order valence-electron chi connectivity index (χ4n) is 1.39. The average Bonchev–Trinajstić information content (AvgIpc) is 2.24. The van der Waals surface area contributed by atoms with Gasteiger partial charge in [0.25, 0.3) is 0 Å². The molecule has 1 aromatic heterocycles. The van der Waals surface area contributed by atoms with Crippen molar-refractivity contribution in [2.75, 3.05) is 11.1 Å². The van der Waals surface area contributed by atoms with Crippen molar-refractivity contribution in [3.05, 3.63) is 38.7 Å². The monoisotopic (exact) mass is 374 g/mol. The third kappa shape index (κ3) is 2.97. The molecule has 1 heterocycles. The number of halogens is 3. The quantitative estimate of drug-likeness (QED) is 0.784. The van der Waals surface area contributed by atoms with E-state index in [4.69, 9.17) is 5.73 Å². The van der Waals surface area contributed by atoms with Gasteiger partial charge >= 0.3 is 0 Å². The number of rotatable bonds is 2. The van der Waals surface area contributed by atoms with Crippen molar-refractivity contribution in [2.45, 2.75) is 6.92 Å². The Hall–Kier alpha value is -1.21. The fraction of sp³-hybridized carbons (Fsp3) is 0.0909. The second kappa shape index (κ2) is 5.19. The smallest absolute Gasteiger partial charge is 0.230 e. The highest BCUT2D eigenvalue weighted by molar-refractivity contribution is 9.10. The van der Waals surface area contributed by atoms with E-state index in [1.807, 2.05) is 0 Å². The number of hydrogen-bond donors (Lipinski definition) is 2. The topological polar surface area (TPSA) is 63.8 Å². The van der Waals surface area contributed by atoms with Crippen molar-refractivity contribution in [3.8, 4) is 0 Å². The molecule has 7 heteroatoms. The lowest BCUT2D eigenvalue weighted by atomic mass is 10.2. The van der Waals surface area contributed by atoms with Crippen LogP contribution >= 0.6 is 31.9 Å². The summed E-state index contributed by atoms with van der Waals surface area (Å²) in [6.07, 6.45) is 0. The van der Waals surface area contributed by atoms with Crippen LogP contribution in [0.5, 0.6) is 0 Å². The SMILES string of the molecule is Cc1cc(F)c(Br)cc1Nc1nc(N)cc(Br)n1. The third-order valence-electron chi connectivity index (χ3n) is 2.23. The van der Waals surface area contributed by atoms with Gasteiger partial charge in [0, 0.05) is 11.8 Å². The molecule has 1 aromatic carbocycles. The first kappa shape index (κ1) is 13.2. The van der Waals surface area contributed by atoms with Crippen LogP contribution in [0.2, 0.25) is 0 Å². The zero-order valence-corrected chi connectivity index (χ0v) is 12.5. The first-order chi connectivity index (χ1) is 8.45. The Labute approximate surface area is 120 Å². The maximum Gasteiger partial charge on any atom is 0.230 e. The predicted molar refractivity (Wildman–Crippen MR) is 76.3 cm³/mol. The van der Waals surface area contributed by atoms with Crippen LogP contribution in [0.15, 0.2) is 27.3 Å². The second-order valence-electron chi connectivity index (χ2n) is 3.65. The van der Waals surface area contributed by atoms with Crippen molar-refractivity contribution in [1.29, 1.82) is 0 Å². The van der Waals surface area contributed by atoms with E-state index in [0.29, 0.717) is 26.5 Å². The molecule has 0 aliphatic heterocycles. The van der Waals surface area contributed by atoms with E-state index in [9.17, 15) is 4.39 Å². The van der Waals surface area contributed by atoms with Crippen LogP contribution in [0.3, 0.4) is 0 Å². The summed E-state index contributed by atoms with van der Waals surface area (Å²) in [6.45, 7) is 1.79. The zero-order valence-electron chi connectivity index (χ0n) is 9.34. The molecule has 0 unspecified atom stereocenters. The lowest BCUT2D eigenvalue weighted by Crippen LogP contribution is -2.02. The van der Waals surface area contributed by atoms with E-state index in [2.05, 4.69) is 47.1 Å². The van der Waals surface area contributed by atoms with E-state index in [1.54, 1.807) is 19.1 Å². The highest BCUT2D eigenvalue weighted by Crippen LogP contribution is 2.26. The van der Waals surface area contributed by atoms with Crippen molar-refractivity contribution in [3.63, 3.8) is 0 Å². The molecule has 4 nitrogen and oxygen atoms in total. The Bertz CT molecular complexity index is 584. The number of benzene rings is 1. The van der Waals surface area contributed by atoms with E-state index in [0.717, 1.165) is 5.56 Å². The molecule has 0 aliphatic carbocycles. The Morgan fingerprint density at radius 2 is 1.94 bits per heavy atom. The molecule has 0 bridgehead atoms. The number of anilines is 3. The van der Waals surface area contributed by atoms with Gasteiger partial charge in [0.1, 0.15) is 16.2 Å². The van der Waals surface area contributed by atoms with Gasteiger partial charge in [0.2, 0.25) is 5.95 Å². The molecule has 0 spiro atoms. The summed E-state index contributed by atoms with van der Waals surface area (Å²) in [6, 6.07) is 4.65. The minimum Gasteiger partial charge on any atom is -0.383 e. The predicted octanol–water partition coefficient (Wildman–Crippen LogP) is 3.77. The Morgan fingerprint density at radius 3 is 2.61 bits per heavy atom. The van der Waals surface area contributed by atoms with Gasteiger partial charge in [-0.2, -0.15) is 4.98 Å². The van der Waals surface area contributed by atoms with E-state index in [1.165, 1.54) is 6.07 Å². The van der Waals surface area contributed by atoms with Crippen LogP contribution in [0.25, 0.3) is 0 Å². The molecule has 18 heavy (non-hydrogen) atoms. The van der Waals surface area contributed by atoms with Crippen molar-refractivity contribution < 1.29 is 4.39 Å². The van der Waals surface area contributed by atoms with Gasteiger partial charge in [0.05, 0.1) is 4.47 Å². The maximum absolute atomic E-state index is 13.3. The number of nitrogens with two attached hydrogens (primary N) is 1. The molecule has 3 N–H and O–H groups in total. The summed E-state index contributed by atoms with van der Waals surface area (Å²) in [5.41, 5.74) is 7.07. The van der Waals surface area contributed by atoms with Crippen LogP contribution in [-0.2, 0) is 0 Å². The highest BCUT2D eigenvalue weighted by Gasteiger charge is 2.07.